The zero-order valence-electron chi connectivity index (χ0n) is 12.0. The molecule has 0 saturated carbocycles. The van der Waals surface area contributed by atoms with Crippen LogP contribution in [0.25, 0.3) is 0 Å². The Bertz CT molecular complexity index is 501. The van der Waals surface area contributed by atoms with E-state index in [0.29, 0.717) is 12.5 Å². The highest BCUT2D eigenvalue weighted by molar-refractivity contribution is 5.94. The van der Waals surface area contributed by atoms with Crippen molar-refractivity contribution in [1.82, 2.24) is 10.2 Å². The minimum Gasteiger partial charge on any atom is -0.352 e. The van der Waals surface area contributed by atoms with E-state index in [9.17, 15) is 13.6 Å². The predicted octanol–water partition coefficient (Wildman–Crippen LogP) is 1.32. The molecule has 1 aromatic carbocycles. The third-order valence-electron chi connectivity index (χ3n) is 3.82. The summed E-state index contributed by atoms with van der Waals surface area (Å²) in [6.45, 7) is 5.57. The Balaban J connectivity index is 1.95. The van der Waals surface area contributed by atoms with Crippen LogP contribution in [0.5, 0.6) is 0 Å². The van der Waals surface area contributed by atoms with E-state index in [2.05, 4.69) is 17.1 Å². The molecular formula is C14H20F2N4O. The first-order valence-corrected chi connectivity index (χ1v) is 7.01. The van der Waals surface area contributed by atoms with Crippen molar-refractivity contribution in [2.75, 3.05) is 31.6 Å². The summed E-state index contributed by atoms with van der Waals surface area (Å²) >= 11 is 0. The van der Waals surface area contributed by atoms with Gasteiger partial charge in [0.1, 0.15) is 5.69 Å². The minimum absolute atomic E-state index is 0.0469. The van der Waals surface area contributed by atoms with Gasteiger partial charge in [-0.3, -0.25) is 10.6 Å². The smallest absolute Gasteiger partial charge is 0.251 e. The number of rotatable bonds is 5. The van der Waals surface area contributed by atoms with Gasteiger partial charge < -0.3 is 15.6 Å². The fourth-order valence-electron chi connectivity index (χ4n) is 2.55. The lowest BCUT2D eigenvalue weighted by Gasteiger charge is -2.14. The molecule has 1 aromatic rings. The van der Waals surface area contributed by atoms with Gasteiger partial charge in [-0.1, -0.05) is 6.92 Å². The first-order chi connectivity index (χ1) is 10.0. The Kier molecular flexibility index (Phi) is 5.08. The Morgan fingerprint density at radius 2 is 2.10 bits per heavy atom. The van der Waals surface area contributed by atoms with Crippen LogP contribution in [0.3, 0.4) is 0 Å². The van der Waals surface area contributed by atoms with Crippen LogP contribution in [0, 0.1) is 17.6 Å². The maximum Gasteiger partial charge on any atom is 0.251 e. The van der Waals surface area contributed by atoms with Crippen molar-refractivity contribution in [2.45, 2.75) is 13.3 Å². The molecule has 4 N–H and O–H groups in total. The number of carbonyl (C=O) groups excluding carboxylic acids is 1. The molecule has 0 bridgehead atoms. The highest BCUT2D eigenvalue weighted by Gasteiger charge is 2.22. The van der Waals surface area contributed by atoms with E-state index in [4.69, 9.17) is 5.84 Å². The molecule has 1 saturated heterocycles. The SMILES string of the molecule is CCN1CCC(CNC(=O)c2cc(F)c(NN)c(F)c2)C1. The van der Waals surface area contributed by atoms with Gasteiger partial charge in [-0.2, -0.15) is 0 Å². The van der Waals surface area contributed by atoms with Crippen LogP contribution < -0.4 is 16.6 Å². The topological polar surface area (TPSA) is 70.4 Å². The average Bonchev–Trinajstić information content (AvgIpc) is 2.92. The Hall–Kier alpha value is -1.73. The summed E-state index contributed by atoms with van der Waals surface area (Å²) in [6, 6.07) is 1.95. The number of nitrogen functional groups attached to an aromatic ring is 1. The first kappa shape index (κ1) is 15.7. The van der Waals surface area contributed by atoms with Gasteiger partial charge in [-0.15, -0.1) is 0 Å². The lowest BCUT2D eigenvalue weighted by atomic mass is 10.1. The van der Waals surface area contributed by atoms with Crippen LogP contribution in [-0.4, -0.2) is 37.0 Å². The number of amides is 1. The first-order valence-electron chi connectivity index (χ1n) is 7.01. The summed E-state index contributed by atoms with van der Waals surface area (Å²) < 4.78 is 27.1. The van der Waals surface area contributed by atoms with Gasteiger partial charge in [-0.25, -0.2) is 8.78 Å². The zero-order valence-corrected chi connectivity index (χ0v) is 12.0. The summed E-state index contributed by atoms with van der Waals surface area (Å²) in [7, 11) is 0. The Morgan fingerprint density at radius 1 is 1.43 bits per heavy atom. The molecule has 7 heteroatoms. The summed E-state index contributed by atoms with van der Waals surface area (Å²) in [5, 5.41) is 2.73. The molecule has 1 aliphatic rings. The van der Waals surface area contributed by atoms with Gasteiger partial charge in [0.15, 0.2) is 11.6 Å². The maximum atomic E-state index is 13.5. The van der Waals surface area contributed by atoms with Crippen LogP contribution in [0.2, 0.25) is 0 Å². The van der Waals surface area contributed by atoms with Crippen molar-refractivity contribution in [3.63, 3.8) is 0 Å². The second-order valence-corrected chi connectivity index (χ2v) is 5.22. The minimum atomic E-state index is -0.888. The molecule has 1 heterocycles. The Labute approximate surface area is 122 Å². The second kappa shape index (κ2) is 6.82. The monoisotopic (exact) mass is 298 g/mol. The lowest BCUT2D eigenvalue weighted by Crippen LogP contribution is -2.31. The number of halogens is 2. The standard InChI is InChI=1S/C14H20F2N4O/c1-2-20-4-3-9(8-20)7-18-14(21)10-5-11(15)13(19-17)12(16)6-10/h5-6,9,19H,2-4,7-8,17H2,1H3,(H,18,21). The van der Waals surface area contributed by atoms with Crippen molar-refractivity contribution in [1.29, 1.82) is 0 Å². The van der Waals surface area contributed by atoms with Crippen LogP contribution in [-0.2, 0) is 0 Å². The van der Waals surface area contributed by atoms with E-state index in [-0.39, 0.29) is 5.56 Å². The van der Waals surface area contributed by atoms with Gasteiger partial charge in [0.25, 0.3) is 5.91 Å². The van der Waals surface area contributed by atoms with Gasteiger partial charge in [0.2, 0.25) is 0 Å². The maximum absolute atomic E-state index is 13.5. The van der Waals surface area contributed by atoms with Crippen LogP contribution in [0.1, 0.15) is 23.7 Å². The molecule has 1 aliphatic heterocycles. The highest BCUT2D eigenvalue weighted by atomic mass is 19.1. The van der Waals surface area contributed by atoms with Crippen LogP contribution in [0.4, 0.5) is 14.5 Å². The summed E-state index contributed by atoms with van der Waals surface area (Å²) in [4.78, 5) is 14.3. The third kappa shape index (κ3) is 3.68. The highest BCUT2D eigenvalue weighted by Crippen LogP contribution is 2.20. The number of likely N-dealkylation sites (tertiary alicyclic amines) is 1. The molecule has 116 valence electrons. The molecule has 1 fully saturated rings. The van der Waals surface area contributed by atoms with Crippen molar-refractivity contribution in [3.8, 4) is 0 Å². The molecule has 2 rings (SSSR count). The van der Waals surface area contributed by atoms with E-state index in [0.717, 1.165) is 38.2 Å². The number of nitrogens with two attached hydrogens (primary N) is 1. The summed E-state index contributed by atoms with van der Waals surface area (Å²) in [5.74, 6) is 3.14. The van der Waals surface area contributed by atoms with Crippen LogP contribution in [0.15, 0.2) is 12.1 Å². The number of hydrogen-bond donors (Lipinski definition) is 3. The normalized spacial score (nSPS) is 18.8. The number of nitrogens with one attached hydrogen (secondary N) is 2. The van der Waals surface area contributed by atoms with Crippen molar-refractivity contribution < 1.29 is 13.6 Å². The van der Waals surface area contributed by atoms with Crippen LogP contribution >= 0.6 is 0 Å². The number of hydrazine groups is 1. The van der Waals surface area contributed by atoms with Crippen molar-refractivity contribution >= 4 is 11.6 Å². The van der Waals surface area contributed by atoms with E-state index in [1.54, 1.807) is 0 Å². The number of nitrogens with zero attached hydrogens (tertiary/aromatic N) is 1. The fraction of sp³-hybridized carbons (Fsp3) is 0.500. The second-order valence-electron chi connectivity index (χ2n) is 5.22. The predicted molar refractivity (Wildman–Crippen MR) is 76.7 cm³/mol. The van der Waals surface area contributed by atoms with Gasteiger partial charge in [-0.05, 0) is 37.6 Å². The van der Waals surface area contributed by atoms with Gasteiger partial charge in [0, 0.05) is 18.7 Å². The van der Waals surface area contributed by atoms with Crippen molar-refractivity contribution in [2.24, 2.45) is 11.8 Å². The summed E-state index contributed by atoms with van der Waals surface area (Å²) in [5.41, 5.74) is 1.44. The fourth-order valence-corrected chi connectivity index (χ4v) is 2.55. The molecule has 1 unspecified atom stereocenters. The largest absolute Gasteiger partial charge is 0.352 e. The quantitative estimate of drug-likeness (QED) is 0.566. The van der Waals surface area contributed by atoms with E-state index in [1.807, 2.05) is 5.43 Å². The number of hydrogen-bond acceptors (Lipinski definition) is 4. The molecule has 0 radical (unpaired) electrons. The molecule has 0 aromatic heterocycles. The van der Waals surface area contributed by atoms with E-state index >= 15 is 0 Å². The zero-order chi connectivity index (χ0) is 15.4. The number of benzene rings is 1. The lowest BCUT2D eigenvalue weighted by molar-refractivity contribution is 0.0946. The molecular weight excluding hydrogens is 278 g/mol. The Morgan fingerprint density at radius 3 is 2.62 bits per heavy atom. The van der Waals surface area contributed by atoms with Crippen molar-refractivity contribution in [3.05, 3.63) is 29.3 Å². The van der Waals surface area contributed by atoms with E-state index < -0.39 is 23.2 Å². The average molecular weight is 298 g/mol. The molecule has 1 amide bonds. The molecule has 21 heavy (non-hydrogen) atoms. The molecule has 0 aliphatic carbocycles. The number of anilines is 1. The van der Waals surface area contributed by atoms with E-state index in [1.165, 1.54) is 0 Å². The van der Waals surface area contributed by atoms with Gasteiger partial charge in [0.05, 0.1) is 0 Å². The van der Waals surface area contributed by atoms with Gasteiger partial charge >= 0.3 is 0 Å². The summed E-state index contributed by atoms with van der Waals surface area (Å²) in [6.07, 6.45) is 1.02. The third-order valence-corrected chi connectivity index (χ3v) is 3.82. The molecule has 5 nitrogen and oxygen atoms in total. The molecule has 1 atom stereocenters. The molecule has 0 spiro atoms. The number of carbonyl (C=O) groups is 1.